The molecule has 1 aliphatic heterocycles. The van der Waals surface area contributed by atoms with E-state index in [1.165, 1.54) is 19.3 Å². The fraction of sp³-hybridized carbons (Fsp3) is 0.636. The van der Waals surface area contributed by atoms with Crippen molar-refractivity contribution >= 4 is 17.6 Å². The lowest BCUT2D eigenvalue weighted by Crippen LogP contribution is -2.48. The Morgan fingerprint density at radius 2 is 1.75 bits per heavy atom. The van der Waals surface area contributed by atoms with Crippen molar-refractivity contribution in [3.8, 4) is 0 Å². The van der Waals surface area contributed by atoms with Gasteiger partial charge in [0.1, 0.15) is 0 Å². The van der Waals surface area contributed by atoms with Crippen LogP contribution in [0, 0.1) is 0 Å². The van der Waals surface area contributed by atoms with Crippen LogP contribution >= 0.6 is 0 Å². The molecule has 1 aromatic rings. The molecule has 1 heterocycles. The van der Waals surface area contributed by atoms with Crippen LogP contribution in [0.2, 0.25) is 0 Å². The van der Waals surface area contributed by atoms with E-state index in [1.54, 1.807) is 0 Å². The van der Waals surface area contributed by atoms with Gasteiger partial charge >= 0.3 is 6.03 Å². The number of urea groups is 1. The monoisotopic (exact) mass is 386 g/mol. The van der Waals surface area contributed by atoms with Gasteiger partial charge in [0.15, 0.2) is 0 Å². The van der Waals surface area contributed by atoms with Gasteiger partial charge in [0.05, 0.1) is 5.56 Å². The summed E-state index contributed by atoms with van der Waals surface area (Å²) < 4.78 is 0. The van der Waals surface area contributed by atoms with Crippen molar-refractivity contribution in [2.75, 3.05) is 31.6 Å². The second-order valence-electron chi connectivity index (χ2n) is 7.99. The summed E-state index contributed by atoms with van der Waals surface area (Å²) in [6.45, 7) is 4.23. The van der Waals surface area contributed by atoms with Crippen LogP contribution in [-0.4, -0.2) is 55.6 Å². The highest BCUT2D eigenvalue weighted by Crippen LogP contribution is 2.28. The highest BCUT2D eigenvalue weighted by molar-refractivity contribution is 5.99. The lowest BCUT2D eigenvalue weighted by molar-refractivity contribution is 0.0697. The number of anilines is 1. The van der Waals surface area contributed by atoms with Crippen LogP contribution in [0.1, 0.15) is 62.2 Å². The van der Waals surface area contributed by atoms with Crippen molar-refractivity contribution in [3.63, 3.8) is 0 Å². The molecule has 0 atom stereocenters. The molecule has 2 N–H and O–H groups in total. The third-order valence-electron chi connectivity index (χ3n) is 6.09. The summed E-state index contributed by atoms with van der Waals surface area (Å²) in [6.07, 6.45) is 7.72. The van der Waals surface area contributed by atoms with E-state index in [1.807, 2.05) is 37.1 Å². The molecule has 3 amide bonds. The van der Waals surface area contributed by atoms with Gasteiger partial charge in [-0.3, -0.25) is 4.79 Å². The van der Waals surface area contributed by atoms with E-state index < -0.39 is 0 Å². The van der Waals surface area contributed by atoms with Crippen molar-refractivity contribution in [1.29, 1.82) is 0 Å². The molecule has 1 saturated heterocycles. The van der Waals surface area contributed by atoms with Crippen molar-refractivity contribution in [1.82, 2.24) is 15.5 Å². The van der Waals surface area contributed by atoms with Gasteiger partial charge in [-0.2, -0.15) is 0 Å². The number of nitrogens with one attached hydrogen (secondary N) is 2. The molecule has 0 radical (unpaired) electrons. The number of carbonyl (C=O) groups is 2. The molecule has 1 saturated carbocycles. The first-order chi connectivity index (χ1) is 13.6. The molecule has 0 bridgehead atoms. The van der Waals surface area contributed by atoms with Crippen molar-refractivity contribution in [3.05, 3.63) is 29.8 Å². The van der Waals surface area contributed by atoms with E-state index in [-0.39, 0.29) is 18.0 Å². The predicted molar refractivity (Wildman–Crippen MR) is 113 cm³/mol. The van der Waals surface area contributed by atoms with Crippen LogP contribution in [0.4, 0.5) is 10.5 Å². The third kappa shape index (κ3) is 4.97. The number of rotatable bonds is 5. The Balaban J connectivity index is 1.64. The van der Waals surface area contributed by atoms with Gasteiger partial charge in [-0.15, -0.1) is 0 Å². The second kappa shape index (κ2) is 9.80. The Morgan fingerprint density at radius 3 is 2.43 bits per heavy atom. The van der Waals surface area contributed by atoms with E-state index in [4.69, 9.17) is 0 Å². The number of carbonyl (C=O) groups excluding carboxylic acids is 2. The normalized spacial score (nSPS) is 18.6. The minimum Gasteiger partial charge on any atom is -0.371 e. The first-order valence-electron chi connectivity index (χ1n) is 10.8. The average molecular weight is 387 g/mol. The molecule has 3 rings (SSSR count). The number of amides is 3. The molecular weight excluding hydrogens is 352 g/mol. The van der Waals surface area contributed by atoms with Crippen molar-refractivity contribution < 1.29 is 9.59 Å². The number of piperidine rings is 1. The number of benzene rings is 1. The van der Waals surface area contributed by atoms with E-state index in [9.17, 15) is 9.59 Å². The van der Waals surface area contributed by atoms with Crippen LogP contribution in [0.25, 0.3) is 0 Å². The summed E-state index contributed by atoms with van der Waals surface area (Å²) >= 11 is 0. The molecule has 2 fully saturated rings. The zero-order chi connectivity index (χ0) is 19.9. The van der Waals surface area contributed by atoms with E-state index in [0.29, 0.717) is 12.6 Å². The maximum Gasteiger partial charge on any atom is 0.314 e. The highest BCUT2D eigenvalue weighted by atomic mass is 16.2. The Kier molecular flexibility index (Phi) is 7.18. The minimum atomic E-state index is -0.0920. The van der Waals surface area contributed by atoms with Crippen molar-refractivity contribution in [2.45, 2.75) is 64.0 Å². The quantitative estimate of drug-likeness (QED) is 0.815. The van der Waals surface area contributed by atoms with E-state index in [2.05, 4.69) is 21.6 Å². The smallest absolute Gasteiger partial charge is 0.314 e. The standard InChI is InChI=1S/C22H34N4O2/c1-3-23-22(28)24-17-13-15-26(16-14-17)20-12-8-7-11-19(20)21(27)25(2)18-9-5-4-6-10-18/h7-8,11-12,17-18H,3-6,9-10,13-16H2,1-2H3,(H2,23,24,28). The molecule has 0 unspecified atom stereocenters. The zero-order valence-corrected chi connectivity index (χ0v) is 17.2. The molecule has 28 heavy (non-hydrogen) atoms. The summed E-state index contributed by atoms with van der Waals surface area (Å²) in [6, 6.07) is 8.43. The first-order valence-corrected chi connectivity index (χ1v) is 10.8. The zero-order valence-electron chi connectivity index (χ0n) is 17.2. The van der Waals surface area contributed by atoms with Gasteiger partial charge in [-0.25, -0.2) is 4.79 Å². The molecule has 1 aromatic carbocycles. The van der Waals surface area contributed by atoms with Crippen molar-refractivity contribution in [2.24, 2.45) is 0 Å². The average Bonchev–Trinajstić information content (AvgIpc) is 2.74. The second-order valence-corrected chi connectivity index (χ2v) is 7.99. The van der Waals surface area contributed by atoms with Gasteiger partial charge in [0, 0.05) is 44.5 Å². The van der Waals surface area contributed by atoms with Gasteiger partial charge < -0.3 is 20.4 Å². The number of nitrogens with zero attached hydrogens (tertiary/aromatic N) is 2. The topological polar surface area (TPSA) is 64.7 Å². The fourth-order valence-electron chi connectivity index (χ4n) is 4.42. The maximum absolute atomic E-state index is 13.2. The summed E-state index contributed by atoms with van der Waals surface area (Å²) in [5.41, 5.74) is 1.82. The summed E-state index contributed by atoms with van der Waals surface area (Å²) in [5.74, 6) is 0.130. The SMILES string of the molecule is CCNC(=O)NC1CCN(c2ccccc2C(=O)N(C)C2CCCCC2)CC1. The van der Waals surface area contributed by atoms with Crippen LogP contribution in [0.3, 0.4) is 0 Å². The molecule has 154 valence electrons. The lowest BCUT2D eigenvalue weighted by Gasteiger charge is -2.36. The molecule has 0 aromatic heterocycles. The van der Waals surface area contributed by atoms with Crippen LogP contribution < -0.4 is 15.5 Å². The maximum atomic E-state index is 13.2. The van der Waals surface area contributed by atoms with E-state index >= 15 is 0 Å². The molecule has 6 heteroatoms. The van der Waals surface area contributed by atoms with Gasteiger partial charge in [-0.1, -0.05) is 31.4 Å². The number of hydrogen-bond acceptors (Lipinski definition) is 3. The Morgan fingerprint density at radius 1 is 1.07 bits per heavy atom. The summed E-state index contributed by atoms with van der Waals surface area (Å²) in [7, 11) is 1.96. The Labute approximate surface area is 168 Å². The molecule has 2 aliphatic rings. The molecular formula is C22H34N4O2. The van der Waals surface area contributed by atoms with Gasteiger partial charge in [0.2, 0.25) is 0 Å². The first kappa shape index (κ1) is 20.5. The minimum absolute atomic E-state index is 0.0920. The summed E-state index contributed by atoms with van der Waals surface area (Å²) in [4.78, 5) is 29.2. The molecule has 1 aliphatic carbocycles. The number of para-hydroxylation sites is 1. The van der Waals surface area contributed by atoms with E-state index in [0.717, 1.165) is 50.0 Å². The fourth-order valence-corrected chi connectivity index (χ4v) is 4.42. The Hall–Kier alpha value is -2.24. The molecule has 0 spiro atoms. The number of hydrogen-bond donors (Lipinski definition) is 2. The Bertz CT molecular complexity index is 664. The largest absolute Gasteiger partial charge is 0.371 e. The third-order valence-corrected chi connectivity index (χ3v) is 6.09. The van der Waals surface area contributed by atoms with Crippen LogP contribution in [0.15, 0.2) is 24.3 Å². The highest BCUT2D eigenvalue weighted by Gasteiger charge is 2.27. The lowest BCUT2D eigenvalue weighted by atomic mass is 9.94. The van der Waals surface area contributed by atoms with Gasteiger partial charge in [0.25, 0.3) is 5.91 Å². The van der Waals surface area contributed by atoms with Gasteiger partial charge in [-0.05, 0) is 44.7 Å². The van der Waals surface area contributed by atoms with Crippen LogP contribution in [-0.2, 0) is 0 Å². The predicted octanol–water partition coefficient (Wildman–Crippen LogP) is 3.38. The van der Waals surface area contributed by atoms with Crippen LogP contribution in [0.5, 0.6) is 0 Å². The molecule has 6 nitrogen and oxygen atoms in total. The summed E-state index contributed by atoms with van der Waals surface area (Å²) in [5, 5.41) is 5.83.